The van der Waals surface area contributed by atoms with Gasteiger partial charge in [0.05, 0.1) is 24.9 Å². The number of esters is 1. The highest BCUT2D eigenvalue weighted by Gasteiger charge is 2.40. The maximum Gasteiger partial charge on any atom is 0.305 e. The molecule has 0 bridgehead atoms. The van der Waals surface area contributed by atoms with E-state index in [9.17, 15) is 20.1 Å². The minimum atomic E-state index is -0.536. The summed E-state index contributed by atoms with van der Waals surface area (Å²) in [6.07, 6.45) is 5.36. The number of carbonyl (C=O) groups excluding carboxylic acids is 1. The third-order valence-corrected chi connectivity index (χ3v) is 7.76. The molecule has 0 saturated heterocycles. The molecular weight excluding hydrogens is 412 g/mol. The lowest BCUT2D eigenvalue weighted by atomic mass is 9.84. The highest BCUT2D eigenvalue weighted by molar-refractivity contribution is 7.19. The number of benzene rings is 1. The Balaban J connectivity index is 1.43. The van der Waals surface area contributed by atoms with Crippen LogP contribution in [-0.4, -0.2) is 40.1 Å². The molecule has 1 aliphatic rings. The molecule has 31 heavy (non-hydrogen) atoms. The summed E-state index contributed by atoms with van der Waals surface area (Å²) >= 11 is 1.62. The molecule has 6 heteroatoms. The Kier molecular flexibility index (Phi) is 9.32. The van der Waals surface area contributed by atoms with Crippen LogP contribution in [0.5, 0.6) is 0 Å². The minimum absolute atomic E-state index is 0.0264. The van der Waals surface area contributed by atoms with Crippen LogP contribution in [0.2, 0.25) is 0 Å². The minimum Gasteiger partial charge on any atom is -0.466 e. The zero-order valence-corrected chi connectivity index (χ0v) is 19.2. The number of carbonyl (C=O) groups is 1. The lowest BCUT2D eigenvalue weighted by molar-refractivity contribution is -0.143. The average Bonchev–Trinajstić information content (AvgIpc) is 3.29. The zero-order chi connectivity index (χ0) is 22.2. The normalized spacial score (nSPS) is 24.5. The Labute approximate surface area is 189 Å². The number of thiophene rings is 1. The Morgan fingerprint density at radius 3 is 2.55 bits per heavy atom. The lowest BCUT2D eigenvalue weighted by Gasteiger charge is -2.24. The molecular formula is C25H36O5S. The first-order valence-electron chi connectivity index (χ1n) is 11.7. The third kappa shape index (κ3) is 6.75. The summed E-state index contributed by atoms with van der Waals surface area (Å²) in [5, 5.41) is 32.8. The number of fused-ring (bicyclic) bond motifs is 1. The number of hydrogen-bond donors (Lipinski definition) is 3. The zero-order valence-electron chi connectivity index (χ0n) is 18.4. The van der Waals surface area contributed by atoms with Gasteiger partial charge in [-0.05, 0) is 68.4 Å². The van der Waals surface area contributed by atoms with Gasteiger partial charge in [-0.1, -0.05) is 37.5 Å². The van der Waals surface area contributed by atoms with E-state index in [1.165, 1.54) is 4.70 Å². The molecule has 1 heterocycles. The van der Waals surface area contributed by atoms with Crippen LogP contribution in [0.3, 0.4) is 0 Å². The molecule has 0 amide bonds. The summed E-state index contributed by atoms with van der Waals surface area (Å²) < 4.78 is 6.12. The summed E-state index contributed by atoms with van der Waals surface area (Å²) in [5.74, 6) is -0.0256. The van der Waals surface area contributed by atoms with Crippen molar-refractivity contribution in [3.8, 4) is 0 Å². The van der Waals surface area contributed by atoms with Crippen LogP contribution in [0.15, 0.2) is 30.3 Å². The van der Waals surface area contributed by atoms with Gasteiger partial charge in [0.25, 0.3) is 0 Å². The molecule has 3 N–H and O–H groups in total. The molecule has 1 aliphatic carbocycles. The van der Waals surface area contributed by atoms with E-state index in [1.807, 2.05) is 19.1 Å². The Bertz CT molecular complexity index is 786. The van der Waals surface area contributed by atoms with Crippen molar-refractivity contribution >= 4 is 27.4 Å². The first kappa shape index (κ1) is 24.2. The van der Waals surface area contributed by atoms with Gasteiger partial charge in [-0.3, -0.25) is 4.79 Å². The highest BCUT2D eigenvalue weighted by Crippen LogP contribution is 2.41. The fraction of sp³-hybridized carbons (Fsp3) is 0.640. The van der Waals surface area contributed by atoms with Gasteiger partial charge in [0, 0.05) is 16.0 Å². The SMILES string of the molecule is CCOC(=O)CCCCCC[C@@H]1[C@@H](CC[C@@H](O)c2cc3ccccc3s2)[C@H](O)C[C@@H]1O. The fourth-order valence-corrected chi connectivity index (χ4v) is 5.96. The standard InChI is InChI=1S/C25H36O5S/c1-2-30-25(29)12-6-4-3-5-10-18-19(22(28)16-21(18)27)13-14-20(26)24-15-17-9-7-8-11-23(17)31-24/h7-9,11,15,18-22,26-28H,2-6,10,12-14,16H2,1H3/t18-,19-,20-,21+,22-/m1/s1. The van der Waals surface area contributed by atoms with Crippen molar-refractivity contribution in [3.63, 3.8) is 0 Å². The molecule has 1 aromatic carbocycles. The van der Waals surface area contributed by atoms with Gasteiger partial charge in [0.1, 0.15) is 0 Å². The second-order valence-corrected chi connectivity index (χ2v) is 9.85. The molecule has 0 spiro atoms. The number of rotatable bonds is 12. The third-order valence-electron chi connectivity index (χ3n) is 6.54. The first-order chi connectivity index (χ1) is 15.0. The summed E-state index contributed by atoms with van der Waals surface area (Å²) in [4.78, 5) is 12.3. The highest BCUT2D eigenvalue weighted by atomic mass is 32.1. The summed E-state index contributed by atoms with van der Waals surface area (Å²) in [5.41, 5.74) is 0. The van der Waals surface area contributed by atoms with Crippen molar-refractivity contribution in [2.24, 2.45) is 11.8 Å². The average molecular weight is 449 g/mol. The number of ether oxygens (including phenoxy) is 1. The van der Waals surface area contributed by atoms with Crippen LogP contribution >= 0.6 is 11.3 Å². The molecule has 0 unspecified atom stereocenters. The van der Waals surface area contributed by atoms with E-state index in [0.717, 1.165) is 42.4 Å². The van der Waals surface area contributed by atoms with Gasteiger partial charge in [-0.15, -0.1) is 11.3 Å². The Morgan fingerprint density at radius 1 is 1.10 bits per heavy atom. The van der Waals surface area contributed by atoms with Gasteiger partial charge < -0.3 is 20.1 Å². The number of aliphatic hydroxyl groups excluding tert-OH is 3. The largest absolute Gasteiger partial charge is 0.466 e. The van der Waals surface area contributed by atoms with E-state index in [0.29, 0.717) is 32.3 Å². The summed E-state index contributed by atoms with van der Waals surface area (Å²) in [6.45, 7) is 2.25. The van der Waals surface area contributed by atoms with E-state index in [-0.39, 0.29) is 17.8 Å². The fourth-order valence-electron chi connectivity index (χ4n) is 4.88. The van der Waals surface area contributed by atoms with Crippen LogP contribution < -0.4 is 0 Å². The molecule has 3 rings (SSSR count). The Hall–Kier alpha value is -1.47. The van der Waals surface area contributed by atoms with Gasteiger partial charge >= 0.3 is 5.97 Å². The molecule has 5 nitrogen and oxygen atoms in total. The van der Waals surface area contributed by atoms with Crippen molar-refractivity contribution in [1.29, 1.82) is 0 Å². The molecule has 0 radical (unpaired) electrons. The van der Waals surface area contributed by atoms with Crippen LogP contribution in [0.25, 0.3) is 10.1 Å². The molecule has 0 aliphatic heterocycles. The lowest BCUT2D eigenvalue weighted by Crippen LogP contribution is -2.23. The second kappa shape index (κ2) is 12.0. The van der Waals surface area contributed by atoms with E-state index >= 15 is 0 Å². The molecule has 5 atom stereocenters. The van der Waals surface area contributed by atoms with E-state index in [1.54, 1.807) is 11.3 Å². The van der Waals surface area contributed by atoms with Gasteiger partial charge in [0.2, 0.25) is 0 Å². The van der Waals surface area contributed by atoms with Crippen LogP contribution in [0, 0.1) is 11.8 Å². The number of unbranched alkanes of at least 4 members (excludes halogenated alkanes) is 3. The summed E-state index contributed by atoms with van der Waals surface area (Å²) in [6, 6.07) is 10.2. The predicted molar refractivity (Wildman–Crippen MR) is 124 cm³/mol. The van der Waals surface area contributed by atoms with Crippen LogP contribution in [0.1, 0.15) is 75.7 Å². The van der Waals surface area contributed by atoms with Crippen molar-refractivity contribution < 1.29 is 24.9 Å². The molecule has 172 valence electrons. The van der Waals surface area contributed by atoms with Gasteiger partial charge in [-0.25, -0.2) is 0 Å². The van der Waals surface area contributed by atoms with Gasteiger partial charge in [-0.2, -0.15) is 0 Å². The van der Waals surface area contributed by atoms with Crippen molar-refractivity contribution in [2.75, 3.05) is 6.61 Å². The smallest absolute Gasteiger partial charge is 0.305 e. The van der Waals surface area contributed by atoms with Crippen LogP contribution in [-0.2, 0) is 9.53 Å². The maximum atomic E-state index is 11.4. The number of hydrogen-bond acceptors (Lipinski definition) is 6. The summed E-state index contributed by atoms with van der Waals surface area (Å²) in [7, 11) is 0. The van der Waals surface area contributed by atoms with Crippen molar-refractivity contribution in [1.82, 2.24) is 0 Å². The van der Waals surface area contributed by atoms with Gasteiger partial charge in [0.15, 0.2) is 0 Å². The molecule has 1 fully saturated rings. The quantitative estimate of drug-likeness (QED) is 0.315. The van der Waals surface area contributed by atoms with Crippen molar-refractivity contribution in [2.45, 2.75) is 83.0 Å². The van der Waals surface area contributed by atoms with E-state index in [4.69, 9.17) is 4.74 Å². The first-order valence-corrected chi connectivity index (χ1v) is 12.5. The predicted octanol–water partition coefficient (Wildman–Crippen LogP) is 4.98. The van der Waals surface area contributed by atoms with Crippen LogP contribution in [0.4, 0.5) is 0 Å². The molecule has 2 aromatic rings. The molecule has 1 aromatic heterocycles. The number of aliphatic hydroxyl groups is 3. The van der Waals surface area contributed by atoms with E-state index < -0.39 is 18.3 Å². The van der Waals surface area contributed by atoms with E-state index in [2.05, 4.69) is 18.2 Å². The maximum absolute atomic E-state index is 11.4. The topological polar surface area (TPSA) is 87.0 Å². The molecule has 1 saturated carbocycles. The van der Waals surface area contributed by atoms with Crippen molar-refractivity contribution in [3.05, 3.63) is 35.2 Å². The second-order valence-electron chi connectivity index (χ2n) is 8.74. The monoisotopic (exact) mass is 448 g/mol. The Morgan fingerprint density at radius 2 is 1.81 bits per heavy atom.